The molecule has 1 aromatic heterocycles. The fourth-order valence-corrected chi connectivity index (χ4v) is 9.17. The highest BCUT2D eigenvalue weighted by molar-refractivity contribution is 6.25. The Kier molecular flexibility index (Phi) is 5.21. The van der Waals surface area contributed by atoms with Crippen molar-refractivity contribution in [1.29, 1.82) is 0 Å². The lowest BCUT2D eigenvalue weighted by molar-refractivity contribution is 0.638. The molecule has 0 saturated heterocycles. The van der Waals surface area contributed by atoms with E-state index in [-0.39, 0.29) is 5.41 Å². The molecule has 0 amide bonds. The van der Waals surface area contributed by atoms with Gasteiger partial charge in [-0.3, -0.25) is 0 Å². The molecule has 0 radical (unpaired) electrons. The first-order chi connectivity index (χ1) is 24.1. The molecule has 49 heavy (non-hydrogen) atoms. The second kappa shape index (κ2) is 9.49. The number of fused-ring (bicyclic) bond motifs is 7. The Morgan fingerprint density at radius 2 is 0.980 bits per heavy atom. The Balaban J connectivity index is 1.28. The maximum Gasteiger partial charge on any atom is 0.0545 e. The molecule has 230 valence electrons. The summed E-state index contributed by atoms with van der Waals surface area (Å²) >= 11 is 0. The quantitative estimate of drug-likeness (QED) is 0.174. The van der Waals surface area contributed by atoms with E-state index in [0.29, 0.717) is 0 Å². The van der Waals surface area contributed by atoms with E-state index in [2.05, 4.69) is 181 Å². The first-order valence-electron chi connectivity index (χ1n) is 17.2. The van der Waals surface area contributed by atoms with E-state index in [1.807, 2.05) is 0 Å². The molecule has 0 atom stereocenters. The molecule has 1 aliphatic heterocycles. The molecule has 0 bridgehead atoms. The number of anilines is 3. The zero-order valence-electron chi connectivity index (χ0n) is 27.4. The fraction of sp³-hybridized carbons (Fsp3) is 0.0638. The molecule has 0 unspecified atom stereocenters. The predicted molar refractivity (Wildman–Crippen MR) is 209 cm³/mol. The van der Waals surface area contributed by atoms with Gasteiger partial charge in [0.05, 0.1) is 33.8 Å². The normalized spacial score (nSPS) is 14.0. The molecular weight excluding hydrogens is 593 g/mol. The van der Waals surface area contributed by atoms with Crippen molar-refractivity contribution in [2.24, 2.45) is 0 Å². The summed E-state index contributed by atoms with van der Waals surface area (Å²) in [4.78, 5) is 2.51. The first-order valence-corrected chi connectivity index (χ1v) is 17.2. The summed E-state index contributed by atoms with van der Waals surface area (Å²) in [7, 11) is 0. The molecule has 11 rings (SSSR count). The number of benzene rings is 9. The summed E-state index contributed by atoms with van der Waals surface area (Å²) in [5.74, 6) is 0. The van der Waals surface area contributed by atoms with Gasteiger partial charge in [-0.25, -0.2) is 0 Å². The minimum Gasteiger partial charge on any atom is -0.309 e. The maximum atomic E-state index is 2.52. The van der Waals surface area contributed by atoms with Crippen molar-refractivity contribution in [3.05, 3.63) is 169 Å². The number of hydrogen-bond donors (Lipinski definition) is 0. The van der Waals surface area contributed by atoms with Crippen molar-refractivity contribution in [2.45, 2.75) is 19.3 Å². The van der Waals surface area contributed by atoms with Crippen LogP contribution in [-0.2, 0) is 5.41 Å². The Morgan fingerprint density at radius 3 is 1.86 bits per heavy atom. The van der Waals surface area contributed by atoms with Gasteiger partial charge in [0.15, 0.2) is 0 Å². The summed E-state index contributed by atoms with van der Waals surface area (Å²) in [5, 5.41) is 12.9. The van der Waals surface area contributed by atoms with E-state index in [0.717, 1.165) is 0 Å². The Morgan fingerprint density at radius 1 is 0.367 bits per heavy atom. The van der Waals surface area contributed by atoms with Gasteiger partial charge in [-0.1, -0.05) is 135 Å². The molecule has 0 fully saturated rings. The van der Waals surface area contributed by atoms with E-state index >= 15 is 0 Å². The van der Waals surface area contributed by atoms with Crippen molar-refractivity contribution >= 4 is 82.0 Å². The molecule has 0 saturated carbocycles. The van der Waals surface area contributed by atoms with Crippen LogP contribution in [0.2, 0.25) is 0 Å². The second-order valence-electron chi connectivity index (χ2n) is 14.1. The van der Waals surface area contributed by atoms with Crippen LogP contribution in [0.5, 0.6) is 0 Å². The van der Waals surface area contributed by atoms with Gasteiger partial charge in [-0.05, 0) is 79.8 Å². The van der Waals surface area contributed by atoms with Crippen LogP contribution in [-0.4, -0.2) is 4.57 Å². The van der Waals surface area contributed by atoms with Crippen LogP contribution in [0.4, 0.5) is 17.1 Å². The van der Waals surface area contributed by atoms with Gasteiger partial charge in [-0.2, -0.15) is 0 Å². The lowest BCUT2D eigenvalue weighted by Gasteiger charge is -2.42. The van der Waals surface area contributed by atoms with E-state index in [9.17, 15) is 0 Å². The summed E-state index contributed by atoms with van der Waals surface area (Å²) in [6.45, 7) is 4.82. The number of hydrogen-bond acceptors (Lipinski definition) is 1. The van der Waals surface area contributed by atoms with Crippen LogP contribution in [0.15, 0.2) is 158 Å². The first kappa shape index (κ1) is 26.9. The number of para-hydroxylation sites is 2. The Labute approximate surface area is 284 Å². The van der Waals surface area contributed by atoms with E-state index in [1.165, 1.54) is 98.8 Å². The van der Waals surface area contributed by atoms with Crippen LogP contribution in [0.1, 0.15) is 25.0 Å². The van der Waals surface area contributed by atoms with Crippen LogP contribution < -0.4 is 4.90 Å². The average Bonchev–Trinajstić information content (AvgIpc) is 3.48. The number of aromatic nitrogens is 1. The monoisotopic (exact) mass is 624 g/mol. The van der Waals surface area contributed by atoms with Crippen LogP contribution in [0, 0.1) is 0 Å². The Bertz CT molecular complexity index is 2960. The molecule has 2 heteroatoms. The molecule has 2 nitrogen and oxygen atoms in total. The maximum absolute atomic E-state index is 2.52. The minimum atomic E-state index is -0.246. The van der Waals surface area contributed by atoms with Crippen molar-refractivity contribution in [3.63, 3.8) is 0 Å². The number of rotatable bonds is 2. The van der Waals surface area contributed by atoms with Gasteiger partial charge >= 0.3 is 0 Å². The zero-order chi connectivity index (χ0) is 32.4. The molecule has 0 spiro atoms. The molecule has 0 N–H and O–H groups in total. The zero-order valence-corrected chi connectivity index (χ0v) is 27.4. The predicted octanol–water partition coefficient (Wildman–Crippen LogP) is 12.9. The van der Waals surface area contributed by atoms with Crippen LogP contribution in [0.25, 0.3) is 70.6 Å². The van der Waals surface area contributed by atoms with Gasteiger partial charge in [0.2, 0.25) is 0 Å². The van der Waals surface area contributed by atoms with Gasteiger partial charge in [-0.15, -0.1) is 0 Å². The van der Waals surface area contributed by atoms with E-state index in [1.54, 1.807) is 0 Å². The summed E-state index contributed by atoms with van der Waals surface area (Å²) in [6, 6.07) is 58.6. The third-order valence-corrected chi connectivity index (χ3v) is 11.3. The van der Waals surface area contributed by atoms with Crippen molar-refractivity contribution in [3.8, 4) is 5.69 Å². The van der Waals surface area contributed by atoms with Gasteiger partial charge in [0, 0.05) is 27.0 Å². The average molecular weight is 625 g/mol. The molecule has 10 aromatic rings. The number of nitrogens with zero attached hydrogens (tertiary/aromatic N) is 2. The molecular formula is C47H32N2. The summed E-state index contributed by atoms with van der Waals surface area (Å²) < 4.78 is 2.52. The van der Waals surface area contributed by atoms with Gasteiger partial charge < -0.3 is 9.47 Å². The highest BCUT2D eigenvalue weighted by Gasteiger charge is 2.39. The SMILES string of the molecule is CC1(C)c2ccccc2N(c2cccc3ccccc23)c2ccc3c(c21)c1ccccc1n3-c1ccc2ccc3cccc4ccc1c2c34. The second-order valence-corrected chi connectivity index (χ2v) is 14.1. The molecule has 2 heterocycles. The van der Waals surface area contributed by atoms with Crippen molar-refractivity contribution in [2.75, 3.05) is 4.90 Å². The van der Waals surface area contributed by atoms with Crippen molar-refractivity contribution in [1.82, 2.24) is 4.57 Å². The largest absolute Gasteiger partial charge is 0.309 e. The minimum absolute atomic E-state index is 0.246. The van der Waals surface area contributed by atoms with Crippen molar-refractivity contribution < 1.29 is 0 Å². The van der Waals surface area contributed by atoms with Crippen LogP contribution in [0.3, 0.4) is 0 Å². The molecule has 0 aliphatic carbocycles. The third kappa shape index (κ3) is 3.45. The smallest absolute Gasteiger partial charge is 0.0545 e. The summed E-state index contributed by atoms with van der Waals surface area (Å²) in [6.07, 6.45) is 0. The van der Waals surface area contributed by atoms with E-state index < -0.39 is 0 Å². The molecule has 9 aromatic carbocycles. The highest BCUT2D eigenvalue weighted by Crippen LogP contribution is 2.56. The Hall–Kier alpha value is -6.12. The van der Waals surface area contributed by atoms with E-state index in [4.69, 9.17) is 0 Å². The van der Waals surface area contributed by atoms with Gasteiger partial charge in [0.1, 0.15) is 0 Å². The standard InChI is InChI=1S/C47H32N2/c1-47(2)36-17-6-8-19-40(36)49(37-20-10-12-29-11-3-4-15-33(29)37)42-28-27-41-45(46(42)47)34-16-5-7-18-38(34)48(41)39-26-24-32-22-21-30-13-9-14-31-23-25-35(39)44(32)43(30)31/h3-28H,1-2H3. The van der Waals surface area contributed by atoms with Gasteiger partial charge in [0.25, 0.3) is 0 Å². The lowest BCUT2D eigenvalue weighted by atomic mass is 9.72. The topological polar surface area (TPSA) is 8.17 Å². The lowest BCUT2D eigenvalue weighted by Crippen LogP contribution is -2.31. The fourth-order valence-electron chi connectivity index (χ4n) is 9.17. The third-order valence-electron chi connectivity index (χ3n) is 11.3. The molecule has 1 aliphatic rings. The summed E-state index contributed by atoms with van der Waals surface area (Å²) in [5.41, 5.74) is 9.83. The highest BCUT2D eigenvalue weighted by atomic mass is 15.2. The van der Waals surface area contributed by atoms with Crippen LogP contribution >= 0.6 is 0 Å².